The lowest BCUT2D eigenvalue weighted by molar-refractivity contribution is 0.194. The van der Waals surface area contributed by atoms with E-state index in [1.165, 1.54) is 32.1 Å². The minimum Gasteiger partial charge on any atom is -0.465 e. The van der Waals surface area contributed by atoms with E-state index in [0.29, 0.717) is 6.54 Å². The number of carboxylic acid groups (broad SMARTS) is 1. The molecule has 1 fully saturated rings. The molecule has 1 aliphatic rings. The van der Waals surface area contributed by atoms with Crippen molar-refractivity contribution in [2.24, 2.45) is 11.8 Å². The summed E-state index contributed by atoms with van der Waals surface area (Å²) in [5.41, 5.74) is 0. The Labute approximate surface area is 106 Å². The second kappa shape index (κ2) is 10.4. The van der Waals surface area contributed by atoms with Crippen LogP contribution in [0.2, 0.25) is 0 Å². The van der Waals surface area contributed by atoms with Crippen LogP contribution in [-0.2, 0) is 0 Å². The van der Waals surface area contributed by atoms with Gasteiger partial charge in [-0.05, 0) is 18.3 Å². The van der Waals surface area contributed by atoms with Crippen LogP contribution in [0.5, 0.6) is 0 Å². The van der Waals surface area contributed by atoms with Crippen LogP contribution in [0, 0.1) is 11.8 Å². The number of carbonyl (C=O) groups is 1. The van der Waals surface area contributed by atoms with Crippen LogP contribution in [0.4, 0.5) is 4.79 Å². The molecule has 0 aromatic heterocycles. The molecule has 3 nitrogen and oxygen atoms in total. The van der Waals surface area contributed by atoms with Crippen LogP contribution < -0.4 is 5.32 Å². The van der Waals surface area contributed by atoms with E-state index in [0.717, 1.165) is 24.7 Å². The highest BCUT2D eigenvalue weighted by atomic mass is 16.4. The molecule has 2 N–H and O–H groups in total. The summed E-state index contributed by atoms with van der Waals surface area (Å²) in [5, 5.41) is 10.3. The Morgan fingerprint density at radius 1 is 1.29 bits per heavy atom. The molecule has 0 spiro atoms. The number of unbranched alkanes of at least 4 members (excludes halogenated alkanes) is 1. The van der Waals surface area contributed by atoms with Gasteiger partial charge in [0.2, 0.25) is 0 Å². The molecule has 1 rings (SSSR count). The van der Waals surface area contributed by atoms with Crippen LogP contribution in [0.1, 0.15) is 65.7 Å². The number of nitrogens with one attached hydrogen (secondary N) is 1. The first-order valence-electron chi connectivity index (χ1n) is 7.04. The van der Waals surface area contributed by atoms with Gasteiger partial charge in [0.15, 0.2) is 0 Å². The largest absolute Gasteiger partial charge is 0.465 e. The van der Waals surface area contributed by atoms with Gasteiger partial charge in [-0.2, -0.15) is 0 Å². The van der Waals surface area contributed by atoms with E-state index >= 15 is 0 Å². The van der Waals surface area contributed by atoms with Gasteiger partial charge in [0.05, 0.1) is 0 Å². The third-order valence-electron chi connectivity index (χ3n) is 3.40. The van der Waals surface area contributed by atoms with E-state index < -0.39 is 6.09 Å². The van der Waals surface area contributed by atoms with Gasteiger partial charge in [-0.3, -0.25) is 0 Å². The normalized spacial score (nSPS) is 16.2. The molecule has 0 radical (unpaired) electrons. The fraction of sp³-hybridized carbons (Fsp3) is 0.929. The lowest BCUT2D eigenvalue weighted by atomic mass is 9.82. The van der Waals surface area contributed by atoms with Crippen molar-refractivity contribution in [3.05, 3.63) is 0 Å². The van der Waals surface area contributed by atoms with Crippen LogP contribution in [0.25, 0.3) is 0 Å². The Balaban J connectivity index is 0.000000304. The maximum atomic E-state index is 9.76. The van der Waals surface area contributed by atoms with Gasteiger partial charge < -0.3 is 10.4 Å². The first kappa shape index (κ1) is 16.3. The summed E-state index contributed by atoms with van der Waals surface area (Å²) in [6, 6.07) is 0. The van der Waals surface area contributed by atoms with Gasteiger partial charge in [-0.1, -0.05) is 59.3 Å². The zero-order valence-corrected chi connectivity index (χ0v) is 11.7. The number of amides is 1. The van der Waals surface area contributed by atoms with Crippen LogP contribution in [0.3, 0.4) is 0 Å². The van der Waals surface area contributed by atoms with Gasteiger partial charge in [0.1, 0.15) is 0 Å². The predicted octanol–water partition coefficient (Wildman–Crippen LogP) is 4.28. The molecular weight excluding hydrogens is 214 g/mol. The Morgan fingerprint density at radius 2 is 1.88 bits per heavy atom. The molecule has 17 heavy (non-hydrogen) atoms. The van der Waals surface area contributed by atoms with Gasteiger partial charge >= 0.3 is 6.09 Å². The average molecular weight is 243 g/mol. The number of hydrogen-bond acceptors (Lipinski definition) is 1. The Morgan fingerprint density at radius 3 is 2.24 bits per heavy atom. The van der Waals surface area contributed by atoms with E-state index in [4.69, 9.17) is 5.11 Å². The molecule has 0 aliphatic heterocycles. The summed E-state index contributed by atoms with van der Waals surface area (Å²) in [6.45, 7) is 7.31. The first-order valence-corrected chi connectivity index (χ1v) is 7.04. The van der Waals surface area contributed by atoms with Crippen molar-refractivity contribution in [1.82, 2.24) is 5.32 Å². The molecule has 0 atom stereocenters. The molecule has 0 heterocycles. The molecule has 3 heteroatoms. The average Bonchev–Trinajstić information content (AvgIpc) is 2.31. The van der Waals surface area contributed by atoms with Crippen LogP contribution >= 0.6 is 0 Å². The SMILES string of the molecule is CC(C)C1CCCCC1.CCCCNC(=O)O. The Kier molecular flexibility index (Phi) is 9.98. The first-order chi connectivity index (χ1) is 8.07. The maximum absolute atomic E-state index is 9.76. The minimum absolute atomic E-state index is 0.575. The van der Waals surface area contributed by atoms with Crippen molar-refractivity contribution in [3.8, 4) is 0 Å². The summed E-state index contributed by atoms with van der Waals surface area (Å²) in [4.78, 5) is 9.76. The van der Waals surface area contributed by atoms with E-state index in [2.05, 4.69) is 19.2 Å². The van der Waals surface area contributed by atoms with Gasteiger partial charge in [0, 0.05) is 6.54 Å². The second-order valence-corrected chi connectivity index (χ2v) is 5.23. The minimum atomic E-state index is -0.932. The van der Waals surface area contributed by atoms with Gasteiger partial charge in [0.25, 0.3) is 0 Å². The summed E-state index contributed by atoms with van der Waals surface area (Å²) < 4.78 is 0. The summed E-state index contributed by atoms with van der Waals surface area (Å²) >= 11 is 0. The molecule has 102 valence electrons. The van der Waals surface area contributed by atoms with Crippen molar-refractivity contribution in [3.63, 3.8) is 0 Å². The third-order valence-corrected chi connectivity index (χ3v) is 3.40. The molecule has 0 aromatic carbocycles. The topological polar surface area (TPSA) is 49.3 Å². The zero-order valence-electron chi connectivity index (χ0n) is 11.7. The lowest BCUT2D eigenvalue weighted by Gasteiger charge is -2.24. The molecule has 1 aliphatic carbocycles. The molecule has 0 unspecified atom stereocenters. The second-order valence-electron chi connectivity index (χ2n) is 5.23. The molecule has 0 saturated heterocycles. The number of hydrogen-bond donors (Lipinski definition) is 2. The fourth-order valence-electron chi connectivity index (χ4n) is 2.17. The molecular formula is C14H29NO2. The van der Waals surface area contributed by atoms with E-state index in [9.17, 15) is 4.79 Å². The summed E-state index contributed by atoms with van der Waals surface area (Å²) in [5.74, 6) is 1.99. The van der Waals surface area contributed by atoms with Crippen LogP contribution in [-0.4, -0.2) is 17.7 Å². The number of rotatable bonds is 4. The maximum Gasteiger partial charge on any atom is 0.404 e. The zero-order chi connectivity index (χ0) is 13.1. The fourth-order valence-corrected chi connectivity index (χ4v) is 2.17. The highest BCUT2D eigenvalue weighted by Crippen LogP contribution is 2.29. The molecule has 0 aromatic rings. The molecule has 0 bridgehead atoms. The third kappa shape index (κ3) is 10.2. The Hall–Kier alpha value is -0.730. The van der Waals surface area contributed by atoms with Crippen molar-refractivity contribution < 1.29 is 9.90 Å². The van der Waals surface area contributed by atoms with Crippen LogP contribution in [0.15, 0.2) is 0 Å². The van der Waals surface area contributed by atoms with Crippen molar-refractivity contribution in [1.29, 1.82) is 0 Å². The summed E-state index contributed by atoms with van der Waals surface area (Å²) in [6.07, 6.45) is 8.48. The van der Waals surface area contributed by atoms with Gasteiger partial charge in [-0.25, -0.2) is 4.79 Å². The smallest absolute Gasteiger partial charge is 0.404 e. The van der Waals surface area contributed by atoms with E-state index in [1.54, 1.807) is 0 Å². The Bertz CT molecular complexity index is 187. The predicted molar refractivity (Wildman–Crippen MR) is 72.3 cm³/mol. The van der Waals surface area contributed by atoms with Crippen molar-refractivity contribution in [2.45, 2.75) is 65.7 Å². The standard InChI is InChI=1S/C9H18.C5H11NO2/c1-8(2)9-6-4-3-5-7-9;1-2-3-4-6-5(7)8/h8-9H,3-7H2,1-2H3;6H,2-4H2,1H3,(H,7,8). The molecule has 1 saturated carbocycles. The molecule has 1 amide bonds. The quantitative estimate of drug-likeness (QED) is 0.724. The highest BCUT2D eigenvalue weighted by molar-refractivity contribution is 5.64. The van der Waals surface area contributed by atoms with Crippen molar-refractivity contribution in [2.75, 3.05) is 6.54 Å². The summed E-state index contributed by atoms with van der Waals surface area (Å²) in [7, 11) is 0. The van der Waals surface area contributed by atoms with E-state index in [-0.39, 0.29) is 0 Å². The van der Waals surface area contributed by atoms with Gasteiger partial charge in [-0.15, -0.1) is 0 Å². The highest BCUT2D eigenvalue weighted by Gasteiger charge is 2.15. The van der Waals surface area contributed by atoms with E-state index in [1.807, 2.05) is 6.92 Å². The van der Waals surface area contributed by atoms with Crippen molar-refractivity contribution >= 4 is 6.09 Å². The monoisotopic (exact) mass is 243 g/mol. The lowest BCUT2D eigenvalue weighted by Crippen LogP contribution is -2.21.